The highest BCUT2D eigenvalue weighted by Crippen LogP contribution is 2.29. The standard InChI is InChI=1S/C23H20Cl2O5/c24-17-6-7-20(19(25)12-17)28-8-2-5-22(26)29-13-16-11-23(27)30-21-10-15-4-1-3-14(15)9-18(16)21/h6-7,9-12H,1-5,8,13H2. The number of hydrogen-bond acceptors (Lipinski definition) is 5. The van der Waals surface area contributed by atoms with Gasteiger partial charge in [0.25, 0.3) is 0 Å². The Balaban J connectivity index is 1.32. The van der Waals surface area contributed by atoms with Crippen molar-refractivity contribution in [3.8, 4) is 5.75 Å². The van der Waals surface area contributed by atoms with Gasteiger partial charge in [-0.2, -0.15) is 0 Å². The van der Waals surface area contributed by atoms with Crippen LogP contribution in [0.5, 0.6) is 5.75 Å². The van der Waals surface area contributed by atoms with Crippen LogP contribution in [0.3, 0.4) is 0 Å². The molecule has 2 aromatic carbocycles. The molecule has 0 saturated heterocycles. The first-order valence-electron chi connectivity index (χ1n) is 9.81. The average Bonchev–Trinajstić information content (AvgIpc) is 3.16. The minimum atomic E-state index is -0.445. The third-order valence-corrected chi connectivity index (χ3v) is 5.64. The summed E-state index contributed by atoms with van der Waals surface area (Å²) >= 11 is 11.9. The average molecular weight is 447 g/mol. The van der Waals surface area contributed by atoms with Crippen LogP contribution in [0, 0.1) is 0 Å². The minimum absolute atomic E-state index is 0.0313. The summed E-state index contributed by atoms with van der Waals surface area (Å²) in [5, 5.41) is 1.78. The van der Waals surface area contributed by atoms with E-state index in [0.717, 1.165) is 24.6 Å². The van der Waals surface area contributed by atoms with Crippen molar-refractivity contribution in [2.45, 2.75) is 38.7 Å². The summed E-state index contributed by atoms with van der Waals surface area (Å²) in [7, 11) is 0. The Morgan fingerprint density at radius 1 is 1.07 bits per heavy atom. The Bertz CT molecular complexity index is 1150. The van der Waals surface area contributed by atoms with Gasteiger partial charge in [0, 0.05) is 28.5 Å². The van der Waals surface area contributed by atoms with Crippen molar-refractivity contribution in [2.24, 2.45) is 0 Å². The fourth-order valence-electron chi connectivity index (χ4n) is 3.64. The van der Waals surface area contributed by atoms with E-state index in [9.17, 15) is 9.59 Å². The second-order valence-corrected chi connectivity index (χ2v) is 8.09. The highest BCUT2D eigenvalue weighted by molar-refractivity contribution is 6.35. The molecule has 3 aromatic rings. The van der Waals surface area contributed by atoms with E-state index >= 15 is 0 Å². The van der Waals surface area contributed by atoms with Gasteiger partial charge in [-0.15, -0.1) is 0 Å². The van der Waals surface area contributed by atoms with Crippen LogP contribution >= 0.6 is 23.2 Å². The first-order valence-corrected chi connectivity index (χ1v) is 10.6. The van der Waals surface area contributed by atoms with Crippen LogP contribution in [-0.4, -0.2) is 12.6 Å². The zero-order valence-electron chi connectivity index (χ0n) is 16.2. The highest BCUT2D eigenvalue weighted by atomic mass is 35.5. The van der Waals surface area contributed by atoms with Gasteiger partial charge in [-0.05, 0) is 67.1 Å². The van der Waals surface area contributed by atoms with Crippen LogP contribution in [-0.2, 0) is 29.0 Å². The molecule has 7 heteroatoms. The molecule has 0 spiro atoms. The summed E-state index contributed by atoms with van der Waals surface area (Å²) in [6.45, 7) is 0.351. The van der Waals surface area contributed by atoms with Gasteiger partial charge in [-0.25, -0.2) is 4.79 Å². The largest absolute Gasteiger partial charge is 0.492 e. The molecule has 0 fully saturated rings. The second-order valence-electron chi connectivity index (χ2n) is 7.25. The van der Waals surface area contributed by atoms with E-state index in [2.05, 4.69) is 0 Å². The zero-order chi connectivity index (χ0) is 21.1. The lowest BCUT2D eigenvalue weighted by Gasteiger charge is -2.10. The van der Waals surface area contributed by atoms with E-state index in [0.29, 0.717) is 40.0 Å². The Morgan fingerprint density at radius 2 is 1.87 bits per heavy atom. The molecule has 1 heterocycles. The van der Waals surface area contributed by atoms with Gasteiger partial charge in [-0.1, -0.05) is 23.2 Å². The van der Waals surface area contributed by atoms with Crippen molar-refractivity contribution in [2.75, 3.05) is 6.61 Å². The van der Waals surface area contributed by atoms with Gasteiger partial charge in [0.2, 0.25) is 0 Å². The summed E-state index contributed by atoms with van der Waals surface area (Å²) in [5.41, 5.74) is 3.25. The summed E-state index contributed by atoms with van der Waals surface area (Å²) in [6, 6.07) is 10.3. The zero-order valence-corrected chi connectivity index (χ0v) is 17.7. The highest BCUT2D eigenvalue weighted by Gasteiger charge is 2.16. The number of ether oxygens (including phenoxy) is 2. The number of benzene rings is 2. The monoisotopic (exact) mass is 446 g/mol. The molecule has 1 aliphatic carbocycles. The van der Waals surface area contributed by atoms with Crippen LogP contribution < -0.4 is 10.4 Å². The minimum Gasteiger partial charge on any atom is -0.492 e. The maximum atomic E-state index is 12.1. The lowest BCUT2D eigenvalue weighted by atomic mass is 10.0. The molecule has 0 radical (unpaired) electrons. The fraction of sp³-hybridized carbons (Fsp3) is 0.304. The van der Waals surface area contributed by atoms with Crippen molar-refractivity contribution in [1.82, 2.24) is 0 Å². The summed E-state index contributed by atoms with van der Waals surface area (Å²) in [5.74, 6) is 0.160. The number of aryl methyl sites for hydroxylation is 2. The molecule has 0 bridgehead atoms. The van der Waals surface area contributed by atoms with Crippen LogP contribution in [0.1, 0.15) is 36.0 Å². The molecule has 0 amide bonds. The Morgan fingerprint density at radius 3 is 2.67 bits per heavy atom. The Labute approximate surface area is 183 Å². The maximum Gasteiger partial charge on any atom is 0.336 e. The molecule has 4 rings (SSSR count). The number of carbonyl (C=O) groups excluding carboxylic acids is 1. The predicted molar refractivity (Wildman–Crippen MR) is 115 cm³/mol. The number of hydrogen-bond donors (Lipinski definition) is 0. The lowest BCUT2D eigenvalue weighted by molar-refractivity contribution is -0.145. The SMILES string of the molecule is O=C(CCCOc1ccc(Cl)cc1Cl)OCc1cc(=O)oc2cc3c(cc12)CCC3. The Hall–Kier alpha value is -2.50. The molecule has 0 atom stereocenters. The lowest BCUT2D eigenvalue weighted by Crippen LogP contribution is -2.09. The topological polar surface area (TPSA) is 65.7 Å². The van der Waals surface area contributed by atoms with Gasteiger partial charge >= 0.3 is 11.6 Å². The molecule has 1 aromatic heterocycles. The molecule has 0 N–H and O–H groups in total. The van der Waals surface area contributed by atoms with Crippen molar-refractivity contribution in [3.63, 3.8) is 0 Å². The molecule has 0 aliphatic heterocycles. The maximum absolute atomic E-state index is 12.1. The molecule has 30 heavy (non-hydrogen) atoms. The third kappa shape index (κ3) is 4.79. The van der Waals surface area contributed by atoms with Gasteiger partial charge in [0.15, 0.2) is 0 Å². The normalized spacial score (nSPS) is 12.7. The first-order chi connectivity index (χ1) is 14.5. The van der Waals surface area contributed by atoms with Crippen molar-refractivity contribution in [1.29, 1.82) is 0 Å². The van der Waals surface area contributed by atoms with Crippen molar-refractivity contribution in [3.05, 3.63) is 73.6 Å². The molecule has 156 valence electrons. The van der Waals surface area contributed by atoms with Gasteiger partial charge in [-0.3, -0.25) is 4.79 Å². The van der Waals surface area contributed by atoms with Gasteiger partial charge in [0.1, 0.15) is 17.9 Å². The number of fused-ring (bicyclic) bond motifs is 2. The summed E-state index contributed by atoms with van der Waals surface area (Å²) in [4.78, 5) is 24.0. The van der Waals surface area contributed by atoms with E-state index < -0.39 is 5.63 Å². The van der Waals surface area contributed by atoms with Crippen LogP contribution in [0.25, 0.3) is 11.0 Å². The molecular formula is C23H20Cl2O5. The number of halogens is 2. The third-order valence-electron chi connectivity index (χ3n) is 5.11. The first kappa shape index (κ1) is 20.8. The number of rotatable bonds is 7. The van der Waals surface area contributed by atoms with E-state index in [4.69, 9.17) is 37.1 Å². The Kier molecular flexibility index (Phi) is 6.30. The molecule has 5 nitrogen and oxygen atoms in total. The van der Waals surface area contributed by atoms with Gasteiger partial charge < -0.3 is 13.9 Å². The molecular weight excluding hydrogens is 427 g/mol. The smallest absolute Gasteiger partial charge is 0.336 e. The van der Waals surface area contributed by atoms with E-state index in [-0.39, 0.29) is 19.0 Å². The fourth-order valence-corrected chi connectivity index (χ4v) is 4.10. The molecule has 1 aliphatic rings. The van der Waals surface area contributed by atoms with Crippen molar-refractivity contribution >= 4 is 40.1 Å². The summed E-state index contributed by atoms with van der Waals surface area (Å²) in [6.07, 6.45) is 3.78. The predicted octanol–water partition coefficient (Wildman–Crippen LogP) is 5.49. The van der Waals surface area contributed by atoms with E-state index in [1.807, 2.05) is 12.1 Å². The number of carbonyl (C=O) groups is 1. The van der Waals surface area contributed by atoms with Crippen LogP contribution in [0.2, 0.25) is 10.0 Å². The summed E-state index contributed by atoms with van der Waals surface area (Å²) < 4.78 is 16.3. The van der Waals surface area contributed by atoms with Gasteiger partial charge in [0.05, 0.1) is 11.6 Å². The number of esters is 1. The van der Waals surface area contributed by atoms with E-state index in [1.54, 1.807) is 18.2 Å². The second kappa shape index (κ2) is 9.11. The molecule has 0 saturated carbocycles. The molecule has 0 unspecified atom stereocenters. The van der Waals surface area contributed by atoms with Crippen LogP contribution in [0.15, 0.2) is 45.6 Å². The van der Waals surface area contributed by atoms with E-state index in [1.165, 1.54) is 17.2 Å². The van der Waals surface area contributed by atoms with Crippen LogP contribution in [0.4, 0.5) is 0 Å². The quantitative estimate of drug-likeness (QED) is 0.272. The van der Waals surface area contributed by atoms with Crippen molar-refractivity contribution < 1.29 is 18.7 Å².